The number of rotatable bonds is 3. The van der Waals surface area contributed by atoms with Crippen LogP contribution in [0.3, 0.4) is 0 Å². The molecule has 0 unspecified atom stereocenters. The van der Waals surface area contributed by atoms with Gasteiger partial charge < -0.3 is 5.11 Å². The van der Waals surface area contributed by atoms with Crippen LogP contribution in [0, 0.1) is 0 Å². The molecule has 1 aromatic carbocycles. The molecule has 0 aliphatic rings. The van der Waals surface area contributed by atoms with E-state index in [1.54, 1.807) is 0 Å². The summed E-state index contributed by atoms with van der Waals surface area (Å²) in [4.78, 5) is -0.0692. The first-order valence-electron chi connectivity index (χ1n) is 5.49. The molecule has 0 spiro atoms. The van der Waals surface area contributed by atoms with Gasteiger partial charge in [-0.1, -0.05) is 27.7 Å². The van der Waals surface area contributed by atoms with Crippen LogP contribution in [0.25, 0.3) is 0 Å². The Labute approximate surface area is 130 Å². The van der Waals surface area contributed by atoms with Gasteiger partial charge >= 0.3 is 29.6 Å². The second-order valence-electron chi connectivity index (χ2n) is 4.74. The fraction of sp³-hybridized carbons (Fsp3) is 0.500. The molecule has 6 heteroatoms. The molecule has 0 amide bonds. The normalized spacial score (nSPS) is 11.7. The topological polar surface area (TPSA) is 74.6 Å². The van der Waals surface area contributed by atoms with E-state index in [0.29, 0.717) is 11.1 Å². The van der Waals surface area contributed by atoms with Crippen molar-refractivity contribution in [3.8, 4) is 5.75 Å². The number of phenols is 1. The molecular formula is C12H19NaO4S. The monoisotopic (exact) mass is 282 g/mol. The molecule has 0 radical (unpaired) electrons. The van der Waals surface area contributed by atoms with E-state index in [9.17, 15) is 18.1 Å². The average Bonchev–Trinajstić information content (AvgIpc) is 2.14. The van der Waals surface area contributed by atoms with E-state index in [0.717, 1.165) is 0 Å². The van der Waals surface area contributed by atoms with Crippen LogP contribution >= 0.6 is 0 Å². The van der Waals surface area contributed by atoms with Gasteiger partial charge in [0.1, 0.15) is 10.6 Å². The summed E-state index contributed by atoms with van der Waals surface area (Å²) in [6, 6.07) is 2.78. The van der Waals surface area contributed by atoms with Crippen molar-refractivity contribution >= 4 is 39.7 Å². The first-order valence-corrected chi connectivity index (χ1v) is 6.93. The summed E-state index contributed by atoms with van der Waals surface area (Å²) in [5.74, 6) is -0.183. The molecule has 1 aromatic rings. The Morgan fingerprint density at radius 3 is 1.56 bits per heavy atom. The minimum absolute atomic E-state index is 0. The molecule has 0 atom stereocenters. The Morgan fingerprint density at radius 2 is 1.33 bits per heavy atom. The summed E-state index contributed by atoms with van der Waals surface area (Å²) in [6.45, 7) is 7.25. The fourth-order valence-electron chi connectivity index (χ4n) is 1.81. The quantitative estimate of drug-likeness (QED) is 0.658. The van der Waals surface area contributed by atoms with Gasteiger partial charge in [0.2, 0.25) is 0 Å². The zero-order valence-corrected chi connectivity index (χ0v) is 11.2. The van der Waals surface area contributed by atoms with E-state index in [2.05, 4.69) is 0 Å². The Bertz CT molecular complexity index is 492. The number of aromatic hydroxyl groups is 1. The van der Waals surface area contributed by atoms with Gasteiger partial charge in [0.05, 0.1) is 0 Å². The van der Waals surface area contributed by atoms with Gasteiger partial charge in [-0.05, 0) is 35.1 Å². The number of phenolic OH excluding ortho intramolecular Hbond substituents is 1. The standard InChI is InChI=1S/C12H18O4S.Na.H/c1-7(2)10-5-9(13)6-11(8(3)4)12(10)17(14,15)16;;/h5-8,13H,1-4H3,(H,14,15,16);;. The zero-order valence-electron chi connectivity index (χ0n) is 10.4. The Kier molecular flexibility index (Phi) is 6.36. The predicted octanol–water partition coefficient (Wildman–Crippen LogP) is 2.24. The van der Waals surface area contributed by atoms with E-state index in [1.807, 2.05) is 27.7 Å². The number of hydrogen-bond donors (Lipinski definition) is 2. The van der Waals surface area contributed by atoms with E-state index < -0.39 is 10.1 Å². The summed E-state index contributed by atoms with van der Waals surface area (Å²) in [5, 5.41) is 9.61. The van der Waals surface area contributed by atoms with E-state index >= 15 is 0 Å². The van der Waals surface area contributed by atoms with E-state index in [-0.39, 0.29) is 52.0 Å². The van der Waals surface area contributed by atoms with Crippen LogP contribution in [-0.4, -0.2) is 47.6 Å². The van der Waals surface area contributed by atoms with Gasteiger partial charge in [0, 0.05) is 0 Å². The van der Waals surface area contributed by atoms with Crippen LogP contribution in [0.5, 0.6) is 5.75 Å². The second-order valence-corrected chi connectivity index (χ2v) is 6.10. The number of hydrogen-bond acceptors (Lipinski definition) is 3. The van der Waals surface area contributed by atoms with Crippen molar-refractivity contribution in [2.45, 2.75) is 44.4 Å². The molecular weight excluding hydrogens is 263 g/mol. The molecule has 0 aliphatic carbocycles. The van der Waals surface area contributed by atoms with Crippen LogP contribution in [0.2, 0.25) is 0 Å². The average molecular weight is 282 g/mol. The molecule has 18 heavy (non-hydrogen) atoms. The van der Waals surface area contributed by atoms with Crippen LogP contribution in [-0.2, 0) is 10.1 Å². The molecule has 0 aromatic heterocycles. The molecule has 1 rings (SSSR count). The Morgan fingerprint density at radius 1 is 1.00 bits per heavy atom. The van der Waals surface area contributed by atoms with Crippen LogP contribution in [0.1, 0.15) is 50.7 Å². The maximum atomic E-state index is 11.5. The molecule has 2 N–H and O–H groups in total. The summed E-state index contributed by atoms with van der Waals surface area (Å²) < 4.78 is 32.3. The molecule has 0 saturated heterocycles. The molecule has 0 bridgehead atoms. The maximum absolute atomic E-state index is 11.5. The number of benzene rings is 1. The van der Waals surface area contributed by atoms with Crippen molar-refractivity contribution in [2.75, 3.05) is 0 Å². The van der Waals surface area contributed by atoms with Crippen LogP contribution in [0.15, 0.2) is 17.0 Å². The summed E-state index contributed by atoms with van der Waals surface area (Å²) in [5.41, 5.74) is 0.882. The Balaban J connectivity index is 0.00000289. The molecule has 0 saturated carbocycles. The fourth-order valence-corrected chi connectivity index (χ4v) is 3.00. The van der Waals surface area contributed by atoms with Crippen molar-refractivity contribution in [1.82, 2.24) is 0 Å². The van der Waals surface area contributed by atoms with Gasteiger partial charge in [-0.25, -0.2) is 0 Å². The SMILES string of the molecule is CC(C)c1cc(O)cc(C(C)C)c1S(=O)(=O)O.[NaH]. The zero-order chi connectivity index (χ0) is 13.4. The van der Waals surface area contributed by atoms with Crippen molar-refractivity contribution in [3.05, 3.63) is 23.3 Å². The summed E-state index contributed by atoms with van der Waals surface area (Å²) in [7, 11) is -4.28. The van der Waals surface area contributed by atoms with Crippen molar-refractivity contribution < 1.29 is 18.1 Å². The van der Waals surface area contributed by atoms with Crippen molar-refractivity contribution in [2.24, 2.45) is 0 Å². The summed E-state index contributed by atoms with van der Waals surface area (Å²) >= 11 is 0. The van der Waals surface area contributed by atoms with Crippen molar-refractivity contribution in [3.63, 3.8) is 0 Å². The van der Waals surface area contributed by atoms with Crippen LogP contribution < -0.4 is 0 Å². The van der Waals surface area contributed by atoms with Crippen molar-refractivity contribution in [1.29, 1.82) is 0 Å². The van der Waals surface area contributed by atoms with E-state index in [1.165, 1.54) is 12.1 Å². The van der Waals surface area contributed by atoms with Gasteiger partial charge in [-0.15, -0.1) is 0 Å². The molecule has 0 heterocycles. The minimum atomic E-state index is -4.28. The predicted molar refractivity (Wildman–Crippen MR) is 73.2 cm³/mol. The molecule has 4 nitrogen and oxygen atoms in total. The van der Waals surface area contributed by atoms with Gasteiger partial charge in [0.25, 0.3) is 10.1 Å². The molecule has 0 fully saturated rings. The first-order chi connectivity index (χ1) is 7.64. The third-order valence-corrected chi connectivity index (χ3v) is 3.62. The first kappa shape index (κ1) is 17.9. The second kappa shape index (κ2) is 6.39. The van der Waals surface area contributed by atoms with Crippen LogP contribution in [0.4, 0.5) is 0 Å². The Hall–Kier alpha value is -0.0700. The van der Waals surface area contributed by atoms with Gasteiger partial charge in [-0.2, -0.15) is 8.42 Å². The summed E-state index contributed by atoms with van der Waals surface area (Å²) in [6.07, 6.45) is 0. The molecule has 98 valence electrons. The van der Waals surface area contributed by atoms with E-state index in [4.69, 9.17) is 0 Å². The van der Waals surface area contributed by atoms with Gasteiger partial charge in [0.15, 0.2) is 0 Å². The third kappa shape index (κ3) is 3.96. The third-order valence-electron chi connectivity index (χ3n) is 2.63. The molecule has 0 aliphatic heterocycles. The van der Waals surface area contributed by atoms with Gasteiger partial charge in [-0.3, -0.25) is 4.55 Å².